The minimum atomic E-state index is -0.787. The Labute approximate surface area is 211 Å². The Balaban J connectivity index is 1.41. The summed E-state index contributed by atoms with van der Waals surface area (Å²) in [6.07, 6.45) is 2.51. The van der Waals surface area contributed by atoms with E-state index >= 15 is 0 Å². The number of H-pyrrole nitrogens is 1. The fraction of sp³-hybridized carbons (Fsp3) is 0.136. The second-order valence-electron chi connectivity index (χ2n) is 8.10. The van der Waals surface area contributed by atoms with E-state index in [4.69, 9.17) is 33.9 Å². The van der Waals surface area contributed by atoms with Crippen LogP contribution in [-0.4, -0.2) is 44.7 Å². The molecule has 1 aliphatic heterocycles. The first-order valence-corrected chi connectivity index (χ1v) is 11.5. The van der Waals surface area contributed by atoms with Gasteiger partial charge in [0.25, 0.3) is 5.56 Å². The van der Waals surface area contributed by atoms with Crippen molar-refractivity contribution in [2.24, 2.45) is 0 Å². The van der Waals surface area contributed by atoms with Gasteiger partial charge in [0.2, 0.25) is 5.95 Å². The number of halogens is 3. The normalized spacial score (nSPS) is 14.8. The van der Waals surface area contributed by atoms with E-state index in [0.717, 1.165) is 0 Å². The second-order valence-corrected chi connectivity index (χ2v) is 8.91. The van der Waals surface area contributed by atoms with E-state index < -0.39 is 12.0 Å². The van der Waals surface area contributed by atoms with Crippen molar-refractivity contribution in [2.75, 3.05) is 5.73 Å². The molecule has 1 aromatic carbocycles. The highest BCUT2D eigenvalue weighted by Crippen LogP contribution is 2.35. The number of rotatable bonds is 4. The predicted molar refractivity (Wildman–Crippen MR) is 129 cm³/mol. The van der Waals surface area contributed by atoms with E-state index in [-0.39, 0.29) is 27.8 Å². The number of benzene rings is 1. The van der Waals surface area contributed by atoms with Gasteiger partial charge in [0.1, 0.15) is 34.6 Å². The molecule has 6 rings (SSSR count). The molecule has 0 fully saturated rings. The molecular weight excluding hydrogens is 510 g/mol. The number of nitrogens with two attached hydrogens (primary N) is 1. The Morgan fingerprint density at radius 3 is 2.72 bits per heavy atom. The van der Waals surface area contributed by atoms with Crippen molar-refractivity contribution in [3.8, 4) is 28.2 Å². The van der Waals surface area contributed by atoms with Crippen LogP contribution in [0.15, 0.2) is 47.5 Å². The maximum atomic E-state index is 14.4. The molecular formula is C22H15Cl2FN10O. The summed E-state index contributed by atoms with van der Waals surface area (Å²) >= 11 is 12.6. The fourth-order valence-electron chi connectivity index (χ4n) is 4.36. The van der Waals surface area contributed by atoms with Crippen LogP contribution in [0, 0.1) is 5.95 Å². The van der Waals surface area contributed by atoms with E-state index in [1.54, 1.807) is 22.8 Å². The van der Waals surface area contributed by atoms with Crippen LogP contribution in [0.3, 0.4) is 0 Å². The first-order chi connectivity index (χ1) is 17.4. The second kappa shape index (κ2) is 8.50. The van der Waals surface area contributed by atoms with Crippen LogP contribution >= 0.6 is 23.2 Å². The molecule has 1 atom stereocenters. The van der Waals surface area contributed by atoms with E-state index in [9.17, 15) is 9.18 Å². The number of nitrogens with one attached hydrogen (secondary N) is 1. The van der Waals surface area contributed by atoms with Crippen LogP contribution in [-0.2, 0) is 6.42 Å². The van der Waals surface area contributed by atoms with E-state index in [0.29, 0.717) is 46.5 Å². The summed E-state index contributed by atoms with van der Waals surface area (Å²) in [4.78, 5) is 29.2. The Morgan fingerprint density at radius 1 is 1.08 bits per heavy atom. The Hall–Kier alpha value is -4.16. The summed E-state index contributed by atoms with van der Waals surface area (Å²) in [5.41, 5.74) is 7.22. The van der Waals surface area contributed by atoms with Gasteiger partial charge in [-0.3, -0.25) is 9.36 Å². The number of imidazole rings is 1. The van der Waals surface area contributed by atoms with Gasteiger partial charge in [-0.2, -0.15) is 9.07 Å². The average Bonchev–Trinajstić information content (AvgIpc) is 3.59. The van der Waals surface area contributed by atoms with Crippen LogP contribution in [0.4, 0.5) is 10.2 Å². The number of hydrogen-bond donors (Lipinski definition) is 2. The monoisotopic (exact) mass is 524 g/mol. The lowest BCUT2D eigenvalue weighted by Gasteiger charge is -2.14. The molecule has 0 bridgehead atoms. The average molecular weight is 525 g/mol. The predicted octanol–water partition coefficient (Wildman–Crippen LogP) is 3.23. The highest BCUT2D eigenvalue weighted by atomic mass is 35.5. The summed E-state index contributed by atoms with van der Waals surface area (Å²) in [5.74, 6) is 0.243. The van der Waals surface area contributed by atoms with Crippen molar-refractivity contribution < 1.29 is 4.39 Å². The van der Waals surface area contributed by atoms with Crippen molar-refractivity contribution in [2.45, 2.75) is 18.9 Å². The SMILES string of the molecule is Nc1ccc(-c2nc(C3CCc4nc(-c5cc(Cl)ccc5-n5cnnn5)cc(=O)n43)[nH]c2Cl)c(F)n1. The molecule has 0 amide bonds. The number of hydrogen-bond acceptors (Lipinski definition) is 8. The first kappa shape index (κ1) is 22.3. The van der Waals surface area contributed by atoms with Gasteiger partial charge in [-0.25, -0.2) is 15.0 Å². The number of tetrazole rings is 1. The molecule has 5 heterocycles. The van der Waals surface area contributed by atoms with Crippen molar-refractivity contribution in [3.05, 3.63) is 80.9 Å². The summed E-state index contributed by atoms with van der Waals surface area (Å²) < 4.78 is 17.4. The van der Waals surface area contributed by atoms with Gasteiger partial charge in [0.15, 0.2) is 0 Å². The van der Waals surface area contributed by atoms with E-state index in [2.05, 4.69) is 30.5 Å². The molecule has 0 spiro atoms. The number of anilines is 1. The molecule has 4 aromatic heterocycles. The Kier molecular flexibility index (Phi) is 5.27. The van der Waals surface area contributed by atoms with Gasteiger partial charge in [0.05, 0.1) is 23.0 Å². The molecule has 0 saturated heterocycles. The zero-order chi connectivity index (χ0) is 25.0. The molecule has 14 heteroatoms. The van der Waals surface area contributed by atoms with Crippen LogP contribution in [0.1, 0.15) is 24.1 Å². The third-order valence-corrected chi connectivity index (χ3v) is 6.44. The molecule has 0 radical (unpaired) electrons. The smallest absolute Gasteiger partial charge is 0.254 e. The molecule has 0 aliphatic carbocycles. The van der Waals surface area contributed by atoms with Gasteiger partial charge in [0, 0.05) is 23.1 Å². The molecule has 1 unspecified atom stereocenters. The quantitative estimate of drug-likeness (QED) is 0.340. The van der Waals surface area contributed by atoms with Gasteiger partial charge >= 0.3 is 0 Å². The summed E-state index contributed by atoms with van der Waals surface area (Å²) in [6.45, 7) is 0. The molecule has 1 aliphatic rings. The van der Waals surface area contributed by atoms with Gasteiger partial charge in [-0.15, -0.1) is 5.10 Å². The minimum absolute atomic E-state index is 0.0456. The number of aromatic nitrogens is 9. The highest BCUT2D eigenvalue weighted by molar-refractivity contribution is 6.32. The lowest BCUT2D eigenvalue weighted by molar-refractivity contribution is 0.567. The minimum Gasteiger partial charge on any atom is -0.384 e. The van der Waals surface area contributed by atoms with Crippen molar-refractivity contribution >= 4 is 29.0 Å². The summed E-state index contributed by atoms with van der Waals surface area (Å²) in [6, 6.07) is 9.05. The van der Waals surface area contributed by atoms with Gasteiger partial charge in [-0.1, -0.05) is 23.2 Å². The van der Waals surface area contributed by atoms with Crippen LogP contribution in [0.5, 0.6) is 0 Å². The third-order valence-electron chi connectivity index (χ3n) is 5.93. The lowest BCUT2D eigenvalue weighted by Crippen LogP contribution is -2.25. The zero-order valence-electron chi connectivity index (χ0n) is 18.2. The first-order valence-electron chi connectivity index (χ1n) is 10.7. The largest absolute Gasteiger partial charge is 0.384 e. The number of fused-ring (bicyclic) bond motifs is 1. The standard InChI is InChI=1S/C22H15Cl2FN10O/c23-10-1-3-14(34-9-27-32-33-34)12(7-10)13-8-18(36)35-15(4-6-17(35)28-13)22-30-19(20(24)31-22)11-2-5-16(26)29-21(11)25/h1-3,5,7-9,15H,4,6H2,(H2,26,29)(H,30,31). The van der Waals surface area contributed by atoms with Crippen LogP contribution < -0.4 is 11.3 Å². The summed E-state index contributed by atoms with van der Waals surface area (Å²) in [7, 11) is 0. The van der Waals surface area contributed by atoms with Crippen molar-refractivity contribution in [3.63, 3.8) is 0 Å². The van der Waals surface area contributed by atoms with Crippen molar-refractivity contribution in [1.29, 1.82) is 0 Å². The van der Waals surface area contributed by atoms with Crippen molar-refractivity contribution in [1.82, 2.24) is 44.7 Å². The zero-order valence-corrected chi connectivity index (χ0v) is 19.7. The van der Waals surface area contributed by atoms with Gasteiger partial charge < -0.3 is 10.7 Å². The van der Waals surface area contributed by atoms with E-state index in [1.807, 2.05) is 0 Å². The molecule has 0 saturated carbocycles. The van der Waals surface area contributed by atoms with Crippen LogP contribution in [0.25, 0.3) is 28.2 Å². The number of pyridine rings is 1. The Morgan fingerprint density at radius 2 is 1.94 bits per heavy atom. The van der Waals surface area contributed by atoms with E-state index in [1.165, 1.54) is 29.2 Å². The molecule has 3 N–H and O–H groups in total. The van der Waals surface area contributed by atoms with Crippen LogP contribution in [0.2, 0.25) is 10.2 Å². The van der Waals surface area contributed by atoms with Gasteiger partial charge in [-0.05, 0) is 47.2 Å². The Bertz CT molecular complexity index is 1680. The topological polar surface area (TPSA) is 146 Å². The molecule has 36 heavy (non-hydrogen) atoms. The molecule has 5 aromatic rings. The molecule has 180 valence electrons. The number of nitrogen functional groups attached to an aromatic ring is 1. The lowest BCUT2D eigenvalue weighted by atomic mass is 10.1. The molecule has 11 nitrogen and oxygen atoms in total. The third kappa shape index (κ3) is 3.71. The maximum Gasteiger partial charge on any atom is 0.254 e. The number of nitrogens with zero attached hydrogens (tertiary/aromatic N) is 8. The highest BCUT2D eigenvalue weighted by Gasteiger charge is 2.30. The number of aryl methyl sites for hydroxylation is 1. The number of aromatic amines is 1. The fourth-order valence-corrected chi connectivity index (χ4v) is 4.77. The summed E-state index contributed by atoms with van der Waals surface area (Å²) in [5, 5.41) is 11.9. The maximum absolute atomic E-state index is 14.4.